The summed E-state index contributed by atoms with van der Waals surface area (Å²) >= 11 is 0. The first-order valence-corrected chi connectivity index (χ1v) is 8.26. The Balaban J connectivity index is 2.01. The molecule has 0 aromatic rings. The number of hydrogen-bond donors (Lipinski definition) is 1. The van der Waals surface area contributed by atoms with Crippen molar-refractivity contribution in [2.45, 2.75) is 76.7 Å². The summed E-state index contributed by atoms with van der Waals surface area (Å²) < 4.78 is 0. The third kappa shape index (κ3) is 3.27. The zero-order valence-corrected chi connectivity index (χ0v) is 12.3. The van der Waals surface area contributed by atoms with Crippen molar-refractivity contribution in [1.29, 1.82) is 0 Å². The van der Waals surface area contributed by atoms with Crippen molar-refractivity contribution < 1.29 is 0 Å². The van der Waals surface area contributed by atoms with Gasteiger partial charge in [0.25, 0.3) is 0 Å². The molecule has 2 N–H and O–H groups in total. The van der Waals surface area contributed by atoms with Gasteiger partial charge in [-0.3, -0.25) is 4.90 Å². The van der Waals surface area contributed by atoms with Gasteiger partial charge >= 0.3 is 0 Å². The van der Waals surface area contributed by atoms with E-state index in [1.807, 2.05) is 0 Å². The van der Waals surface area contributed by atoms with Crippen molar-refractivity contribution in [3.05, 3.63) is 0 Å². The van der Waals surface area contributed by atoms with E-state index in [1.165, 1.54) is 77.3 Å². The van der Waals surface area contributed by atoms with Gasteiger partial charge in [0, 0.05) is 12.1 Å². The van der Waals surface area contributed by atoms with E-state index in [1.54, 1.807) is 0 Å². The molecule has 1 saturated carbocycles. The second kappa shape index (κ2) is 6.91. The van der Waals surface area contributed by atoms with Gasteiger partial charge in [0.2, 0.25) is 0 Å². The molecule has 1 heterocycles. The summed E-state index contributed by atoms with van der Waals surface area (Å²) in [6.07, 6.45) is 13.9. The van der Waals surface area contributed by atoms with Crippen molar-refractivity contribution in [3.8, 4) is 0 Å². The number of nitrogens with zero attached hydrogens (tertiary/aromatic N) is 1. The molecule has 1 saturated heterocycles. The van der Waals surface area contributed by atoms with Gasteiger partial charge in [0.1, 0.15) is 0 Å². The summed E-state index contributed by atoms with van der Waals surface area (Å²) in [5.74, 6) is 0.968. The first-order valence-electron chi connectivity index (χ1n) is 8.26. The van der Waals surface area contributed by atoms with Crippen molar-refractivity contribution in [2.24, 2.45) is 11.7 Å². The predicted molar refractivity (Wildman–Crippen MR) is 78.7 cm³/mol. The lowest BCUT2D eigenvalue weighted by molar-refractivity contribution is 0.0804. The zero-order valence-electron chi connectivity index (χ0n) is 12.3. The fourth-order valence-corrected chi connectivity index (χ4v) is 4.08. The summed E-state index contributed by atoms with van der Waals surface area (Å²) in [6.45, 7) is 5.83. The van der Waals surface area contributed by atoms with Crippen LogP contribution in [0.2, 0.25) is 0 Å². The molecule has 2 heteroatoms. The maximum absolute atomic E-state index is 6.22. The highest BCUT2D eigenvalue weighted by molar-refractivity contribution is 4.94. The Hall–Kier alpha value is -0.0800. The second-order valence-corrected chi connectivity index (χ2v) is 6.53. The van der Waals surface area contributed by atoms with E-state index in [9.17, 15) is 0 Å². The molecule has 1 aliphatic carbocycles. The molecule has 1 atom stereocenters. The SMILES string of the molecule is CCC1CCCN(C2(CN)CCCCCC2)CC1. The van der Waals surface area contributed by atoms with Gasteiger partial charge in [-0.2, -0.15) is 0 Å². The third-order valence-corrected chi connectivity index (χ3v) is 5.51. The van der Waals surface area contributed by atoms with Crippen LogP contribution in [0, 0.1) is 5.92 Å². The quantitative estimate of drug-likeness (QED) is 0.778. The maximum Gasteiger partial charge on any atom is 0.0331 e. The van der Waals surface area contributed by atoms with Crippen LogP contribution >= 0.6 is 0 Å². The minimum absolute atomic E-state index is 0.360. The summed E-state index contributed by atoms with van der Waals surface area (Å²) in [5, 5.41) is 0. The molecule has 0 bridgehead atoms. The van der Waals surface area contributed by atoms with Crippen molar-refractivity contribution in [2.75, 3.05) is 19.6 Å². The first-order chi connectivity index (χ1) is 8.80. The lowest BCUT2D eigenvalue weighted by Crippen LogP contribution is -2.54. The molecule has 2 nitrogen and oxygen atoms in total. The summed E-state index contributed by atoms with van der Waals surface area (Å²) in [4.78, 5) is 2.79. The molecule has 0 aromatic heterocycles. The van der Waals surface area contributed by atoms with Crippen molar-refractivity contribution in [3.63, 3.8) is 0 Å². The van der Waals surface area contributed by atoms with Gasteiger partial charge in [-0.15, -0.1) is 0 Å². The van der Waals surface area contributed by atoms with Crippen LogP contribution in [0.4, 0.5) is 0 Å². The van der Waals surface area contributed by atoms with Crippen LogP contribution in [0.3, 0.4) is 0 Å². The molecule has 1 aliphatic heterocycles. The Labute approximate surface area is 113 Å². The van der Waals surface area contributed by atoms with Crippen molar-refractivity contribution >= 4 is 0 Å². The summed E-state index contributed by atoms with van der Waals surface area (Å²) in [5.41, 5.74) is 6.58. The Bertz CT molecular complexity index is 231. The number of likely N-dealkylation sites (tertiary alicyclic amines) is 1. The molecule has 2 fully saturated rings. The Kier molecular flexibility index (Phi) is 5.50. The molecule has 106 valence electrons. The Morgan fingerprint density at radius 1 is 1.00 bits per heavy atom. The highest BCUT2D eigenvalue weighted by Gasteiger charge is 2.36. The molecule has 0 amide bonds. The highest BCUT2D eigenvalue weighted by atomic mass is 15.2. The van der Waals surface area contributed by atoms with Crippen LogP contribution in [-0.4, -0.2) is 30.1 Å². The van der Waals surface area contributed by atoms with E-state index in [0.717, 1.165) is 12.5 Å². The van der Waals surface area contributed by atoms with Crippen LogP contribution < -0.4 is 5.73 Å². The minimum atomic E-state index is 0.360. The summed E-state index contributed by atoms with van der Waals surface area (Å²) in [7, 11) is 0. The van der Waals surface area contributed by atoms with E-state index < -0.39 is 0 Å². The third-order valence-electron chi connectivity index (χ3n) is 5.51. The van der Waals surface area contributed by atoms with Crippen LogP contribution in [0.5, 0.6) is 0 Å². The minimum Gasteiger partial charge on any atom is -0.329 e. The van der Waals surface area contributed by atoms with Crippen molar-refractivity contribution in [1.82, 2.24) is 4.90 Å². The monoisotopic (exact) mass is 252 g/mol. The zero-order chi connectivity index (χ0) is 12.8. The van der Waals surface area contributed by atoms with Crippen LogP contribution in [0.25, 0.3) is 0 Å². The predicted octanol–water partition coefficient (Wildman–Crippen LogP) is 3.55. The maximum atomic E-state index is 6.22. The molecule has 18 heavy (non-hydrogen) atoms. The van der Waals surface area contributed by atoms with E-state index in [-0.39, 0.29) is 0 Å². The normalized spacial score (nSPS) is 30.7. The largest absolute Gasteiger partial charge is 0.329 e. The van der Waals surface area contributed by atoms with Crippen LogP contribution in [0.1, 0.15) is 71.1 Å². The fourth-order valence-electron chi connectivity index (χ4n) is 4.08. The average molecular weight is 252 g/mol. The van der Waals surface area contributed by atoms with E-state index >= 15 is 0 Å². The fraction of sp³-hybridized carbons (Fsp3) is 1.00. The first kappa shape index (κ1) is 14.3. The van der Waals surface area contributed by atoms with Gasteiger partial charge in [0.15, 0.2) is 0 Å². The smallest absolute Gasteiger partial charge is 0.0331 e. The number of rotatable bonds is 3. The highest BCUT2D eigenvalue weighted by Crippen LogP contribution is 2.34. The molecule has 0 spiro atoms. The molecule has 0 radical (unpaired) electrons. The summed E-state index contributed by atoms with van der Waals surface area (Å²) in [6, 6.07) is 0. The Morgan fingerprint density at radius 3 is 2.33 bits per heavy atom. The molecular formula is C16H32N2. The topological polar surface area (TPSA) is 29.3 Å². The molecule has 2 aliphatic rings. The van der Waals surface area contributed by atoms with E-state index in [4.69, 9.17) is 5.73 Å². The van der Waals surface area contributed by atoms with Gasteiger partial charge < -0.3 is 5.73 Å². The van der Waals surface area contributed by atoms with E-state index in [0.29, 0.717) is 5.54 Å². The Morgan fingerprint density at radius 2 is 1.72 bits per heavy atom. The van der Waals surface area contributed by atoms with Gasteiger partial charge in [-0.1, -0.05) is 39.0 Å². The van der Waals surface area contributed by atoms with Crippen LogP contribution in [-0.2, 0) is 0 Å². The molecular weight excluding hydrogens is 220 g/mol. The number of nitrogens with two attached hydrogens (primary N) is 1. The van der Waals surface area contributed by atoms with Gasteiger partial charge in [0.05, 0.1) is 0 Å². The lowest BCUT2D eigenvalue weighted by Gasteiger charge is -2.43. The van der Waals surface area contributed by atoms with E-state index in [2.05, 4.69) is 11.8 Å². The average Bonchev–Trinajstić information content (AvgIpc) is 2.79. The molecule has 2 rings (SSSR count). The molecule has 1 unspecified atom stereocenters. The van der Waals surface area contributed by atoms with Gasteiger partial charge in [-0.05, 0) is 51.1 Å². The standard InChI is InChI=1S/C16H32N2/c1-2-15-8-7-12-18(13-9-15)16(14-17)10-5-3-4-6-11-16/h15H,2-14,17H2,1H3. The number of hydrogen-bond acceptors (Lipinski definition) is 2. The molecule has 0 aromatic carbocycles. The van der Waals surface area contributed by atoms with Gasteiger partial charge in [-0.25, -0.2) is 0 Å². The lowest BCUT2D eigenvalue weighted by atomic mass is 9.87. The second-order valence-electron chi connectivity index (χ2n) is 6.53. The van der Waals surface area contributed by atoms with Crippen LogP contribution in [0.15, 0.2) is 0 Å².